The first-order valence-corrected chi connectivity index (χ1v) is 11.8. The highest BCUT2D eigenvalue weighted by atomic mass is 32.2. The molecule has 0 amide bonds. The average molecular weight is 393 g/mol. The zero-order valence-electron chi connectivity index (χ0n) is 17.3. The molecule has 0 spiro atoms. The predicted molar refractivity (Wildman–Crippen MR) is 118 cm³/mol. The molecule has 1 rings (SSSR count). The van der Waals surface area contributed by atoms with E-state index >= 15 is 0 Å². The van der Waals surface area contributed by atoms with Gasteiger partial charge in [-0.05, 0) is 68.9 Å². The molecule has 0 N–H and O–H groups in total. The summed E-state index contributed by atoms with van der Waals surface area (Å²) in [5.41, 5.74) is 0.901. The van der Waals surface area contributed by atoms with Gasteiger partial charge in [-0.3, -0.25) is 0 Å². The fraction of sp³-hybridized carbons (Fsp3) is 0.667. The Bertz CT molecular complexity index is 515. The molecular weight excluding hydrogens is 355 g/mol. The monoisotopic (exact) mass is 392 g/mol. The van der Waals surface area contributed by atoms with E-state index in [0.29, 0.717) is 6.10 Å². The predicted octanol–water partition coefficient (Wildman–Crippen LogP) is 7.24. The van der Waals surface area contributed by atoms with E-state index in [1.165, 1.54) is 81.4 Å². The summed E-state index contributed by atoms with van der Waals surface area (Å²) in [6, 6.07) is 6.40. The van der Waals surface area contributed by atoms with Gasteiger partial charge in [-0.25, -0.2) is 4.39 Å². The van der Waals surface area contributed by atoms with Gasteiger partial charge in [-0.15, -0.1) is 0 Å². The summed E-state index contributed by atoms with van der Waals surface area (Å²) in [4.78, 5) is 0. The summed E-state index contributed by atoms with van der Waals surface area (Å²) >= 11 is 2.07. The number of thioether (sulfide) groups is 1. The Kier molecular flexibility index (Phi) is 15.3. The molecule has 0 atom stereocenters. The Morgan fingerprint density at radius 3 is 2.11 bits per heavy atom. The maximum absolute atomic E-state index is 12.8. The van der Waals surface area contributed by atoms with Gasteiger partial charge in [0.1, 0.15) is 5.82 Å². The zero-order valence-corrected chi connectivity index (χ0v) is 18.1. The van der Waals surface area contributed by atoms with Crippen LogP contribution in [0.25, 0.3) is 0 Å². The Balaban J connectivity index is 1.79. The van der Waals surface area contributed by atoms with Crippen molar-refractivity contribution in [3.63, 3.8) is 0 Å². The highest BCUT2D eigenvalue weighted by Gasteiger charge is 1.95. The van der Waals surface area contributed by atoms with Crippen LogP contribution < -0.4 is 0 Å². The summed E-state index contributed by atoms with van der Waals surface area (Å²) in [5, 5.41) is 0. The second-order valence-electron chi connectivity index (χ2n) is 7.27. The smallest absolute Gasteiger partial charge is 0.123 e. The van der Waals surface area contributed by atoms with Crippen molar-refractivity contribution in [2.75, 3.05) is 18.1 Å². The fourth-order valence-corrected chi connectivity index (χ4v) is 3.69. The molecule has 0 aromatic heterocycles. The lowest BCUT2D eigenvalue weighted by Crippen LogP contribution is -2.04. The van der Waals surface area contributed by atoms with Gasteiger partial charge in [0.2, 0.25) is 0 Å². The first-order valence-electron chi connectivity index (χ1n) is 10.6. The topological polar surface area (TPSA) is 9.23 Å². The standard InChI is InChI=1S/C24H37FOS/c1-22(2)26-19-13-21-27-20-12-10-8-6-4-3-5-7-9-11-14-23-15-17-24(25)18-16-23/h15-18,22H,3-10,12-13,19-21H2,1-2H3. The van der Waals surface area contributed by atoms with Crippen molar-refractivity contribution in [2.24, 2.45) is 0 Å². The van der Waals surface area contributed by atoms with Gasteiger partial charge in [-0.1, -0.05) is 50.4 Å². The Hall–Kier alpha value is -0.980. The molecule has 0 saturated carbocycles. The van der Waals surface area contributed by atoms with Crippen LogP contribution in [0.5, 0.6) is 0 Å². The number of halogens is 1. The molecule has 1 aromatic rings. The van der Waals surface area contributed by atoms with Crippen molar-refractivity contribution in [1.29, 1.82) is 0 Å². The van der Waals surface area contributed by atoms with Crippen LogP contribution in [0.2, 0.25) is 0 Å². The van der Waals surface area contributed by atoms with Crippen LogP contribution in [0, 0.1) is 17.7 Å². The van der Waals surface area contributed by atoms with Crippen molar-refractivity contribution >= 4 is 11.8 Å². The minimum Gasteiger partial charge on any atom is -0.379 e. The lowest BCUT2D eigenvalue weighted by atomic mass is 10.1. The highest BCUT2D eigenvalue weighted by Crippen LogP contribution is 2.12. The molecule has 152 valence electrons. The van der Waals surface area contributed by atoms with Gasteiger partial charge in [0.25, 0.3) is 0 Å². The third kappa shape index (κ3) is 15.7. The maximum atomic E-state index is 12.8. The van der Waals surface area contributed by atoms with E-state index in [-0.39, 0.29) is 5.82 Å². The van der Waals surface area contributed by atoms with Crippen molar-refractivity contribution in [3.05, 3.63) is 35.6 Å². The first kappa shape index (κ1) is 24.1. The molecule has 0 aliphatic carbocycles. The molecule has 0 radical (unpaired) electrons. The van der Waals surface area contributed by atoms with Crippen LogP contribution in [0.1, 0.15) is 83.6 Å². The van der Waals surface area contributed by atoms with Crippen LogP contribution in [0.4, 0.5) is 4.39 Å². The van der Waals surface area contributed by atoms with E-state index in [1.54, 1.807) is 12.1 Å². The quantitative estimate of drug-likeness (QED) is 0.230. The number of rotatable bonds is 15. The third-order valence-electron chi connectivity index (χ3n) is 4.30. The summed E-state index contributed by atoms with van der Waals surface area (Å²) in [6.07, 6.45) is 13.1. The SMILES string of the molecule is CC(C)OCCCSCCCCCCCCCCC#Cc1ccc(F)cc1. The normalized spacial score (nSPS) is 10.8. The molecule has 0 unspecified atom stereocenters. The molecule has 0 aliphatic rings. The van der Waals surface area contributed by atoms with Gasteiger partial charge in [0.05, 0.1) is 6.10 Å². The largest absolute Gasteiger partial charge is 0.379 e. The van der Waals surface area contributed by atoms with Crippen molar-refractivity contribution < 1.29 is 9.13 Å². The Labute approximate surface area is 170 Å². The lowest BCUT2D eigenvalue weighted by molar-refractivity contribution is 0.0800. The van der Waals surface area contributed by atoms with Crippen molar-refractivity contribution in [3.8, 4) is 11.8 Å². The van der Waals surface area contributed by atoms with Gasteiger partial charge >= 0.3 is 0 Å². The second kappa shape index (κ2) is 17.1. The average Bonchev–Trinajstić information content (AvgIpc) is 2.65. The molecule has 3 heteroatoms. The Morgan fingerprint density at radius 1 is 0.852 bits per heavy atom. The third-order valence-corrected chi connectivity index (χ3v) is 5.46. The summed E-state index contributed by atoms with van der Waals surface area (Å²) < 4.78 is 18.3. The van der Waals surface area contributed by atoms with Crippen LogP contribution in [0.3, 0.4) is 0 Å². The molecule has 1 aromatic carbocycles. The Morgan fingerprint density at radius 2 is 1.44 bits per heavy atom. The van der Waals surface area contributed by atoms with Gasteiger partial charge < -0.3 is 4.74 Å². The first-order chi connectivity index (χ1) is 13.2. The molecule has 27 heavy (non-hydrogen) atoms. The fourth-order valence-electron chi connectivity index (χ4n) is 2.76. The van der Waals surface area contributed by atoms with E-state index in [0.717, 1.165) is 18.6 Å². The van der Waals surface area contributed by atoms with Crippen LogP contribution in [-0.2, 0) is 4.74 Å². The summed E-state index contributed by atoms with van der Waals surface area (Å²) in [5.74, 6) is 8.62. The summed E-state index contributed by atoms with van der Waals surface area (Å²) in [6.45, 7) is 5.09. The highest BCUT2D eigenvalue weighted by molar-refractivity contribution is 7.99. The summed E-state index contributed by atoms with van der Waals surface area (Å²) in [7, 11) is 0. The molecule has 0 aliphatic heterocycles. The molecule has 0 saturated heterocycles. The number of hydrogen-bond donors (Lipinski definition) is 0. The lowest BCUT2D eigenvalue weighted by Gasteiger charge is -2.06. The van der Waals surface area contributed by atoms with Gasteiger partial charge in [0.15, 0.2) is 0 Å². The number of benzene rings is 1. The van der Waals surface area contributed by atoms with E-state index in [9.17, 15) is 4.39 Å². The van der Waals surface area contributed by atoms with Gasteiger partial charge in [0, 0.05) is 18.6 Å². The second-order valence-corrected chi connectivity index (χ2v) is 8.50. The molecule has 0 fully saturated rings. The van der Waals surface area contributed by atoms with Crippen LogP contribution in [-0.4, -0.2) is 24.2 Å². The maximum Gasteiger partial charge on any atom is 0.123 e. The zero-order chi connectivity index (χ0) is 19.6. The van der Waals surface area contributed by atoms with Crippen molar-refractivity contribution in [2.45, 2.75) is 84.2 Å². The number of unbranched alkanes of at least 4 members (excludes halogenated alkanes) is 8. The van der Waals surface area contributed by atoms with E-state index in [2.05, 4.69) is 37.5 Å². The molecule has 0 bridgehead atoms. The number of hydrogen-bond acceptors (Lipinski definition) is 2. The van der Waals surface area contributed by atoms with E-state index in [1.807, 2.05) is 0 Å². The minimum atomic E-state index is -0.202. The number of ether oxygens (including phenoxy) is 1. The van der Waals surface area contributed by atoms with E-state index < -0.39 is 0 Å². The van der Waals surface area contributed by atoms with Crippen molar-refractivity contribution in [1.82, 2.24) is 0 Å². The van der Waals surface area contributed by atoms with Crippen LogP contribution in [0.15, 0.2) is 24.3 Å². The van der Waals surface area contributed by atoms with Crippen LogP contribution >= 0.6 is 11.8 Å². The molecular formula is C24H37FOS. The van der Waals surface area contributed by atoms with E-state index in [4.69, 9.17) is 4.74 Å². The molecule has 0 heterocycles. The minimum absolute atomic E-state index is 0.202. The van der Waals surface area contributed by atoms with Gasteiger partial charge in [-0.2, -0.15) is 11.8 Å². The molecule has 1 nitrogen and oxygen atoms in total.